The second kappa shape index (κ2) is 7.64. The fourth-order valence-electron chi connectivity index (χ4n) is 2.46. The van der Waals surface area contributed by atoms with E-state index in [0.29, 0.717) is 6.54 Å². The smallest absolute Gasteiger partial charge is 0.315 e. The van der Waals surface area contributed by atoms with Crippen LogP contribution in [0.5, 0.6) is 0 Å². The predicted octanol–water partition coefficient (Wildman–Crippen LogP) is 1.38. The summed E-state index contributed by atoms with van der Waals surface area (Å²) in [4.78, 5) is 13.8. The standard InChI is InChI=1S/C15H22ClN3O2/c1-11(10-20)18-15(21)17-6-8-19-7-5-13-12(9-19)3-2-4-14(13)16/h2-4,11,20H,5-10H2,1H3,(H2,17,18,21)/t11-/m0/s1. The van der Waals surface area contributed by atoms with Gasteiger partial charge in [-0.25, -0.2) is 4.79 Å². The molecule has 2 rings (SSSR count). The highest BCUT2D eigenvalue weighted by atomic mass is 35.5. The van der Waals surface area contributed by atoms with Crippen LogP contribution in [0.25, 0.3) is 0 Å². The molecule has 0 bridgehead atoms. The zero-order chi connectivity index (χ0) is 15.2. The summed E-state index contributed by atoms with van der Waals surface area (Å²) in [5.41, 5.74) is 2.52. The van der Waals surface area contributed by atoms with Crippen LogP contribution in [0.1, 0.15) is 18.1 Å². The van der Waals surface area contributed by atoms with Crippen molar-refractivity contribution in [1.82, 2.24) is 15.5 Å². The number of carbonyl (C=O) groups is 1. The van der Waals surface area contributed by atoms with Gasteiger partial charge in [0.25, 0.3) is 0 Å². The van der Waals surface area contributed by atoms with Crippen molar-refractivity contribution in [2.24, 2.45) is 0 Å². The van der Waals surface area contributed by atoms with Gasteiger partial charge in [-0.1, -0.05) is 23.7 Å². The van der Waals surface area contributed by atoms with Crippen molar-refractivity contribution in [2.45, 2.75) is 25.9 Å². The Morgan fingerprint density at radius 2 is 2.33 bits per heavy atom. The van der Waals surface area contributed by atoms with Crippen LogP contribution >= 0.6 is 11.6 Å². The quantitative estimate of drug-likeness (QED) is 0.770. The zero-order valence-electron chi connectivity index (χ0n) is 12.2. The Bertz CT molecular complexity index is 496. The summed E-state index contributed by atoms with van der Waals surface area (Å²) < 4.78 is 0. The van der Waals surface area contributed by atoms with E-state index in [1.54, 1.807) is 6.92 Å². The number of halogens is 1. The molecule has 5 nitrogen and oxygen atoms in total. The lowest BCUT2D eigenvalue weighted by molar-refractivity contribution is 0.215. The second-order valence-corrected chi connectivity index (χ2v) is 5.79. The van der Waals surface area contributed by atoms with Crippen molar-refractivity contribution < 1.29 is 9.90 Å². The summed E-state index contributed by atoms with van der Waals surface area (Å²) in [6.07, 6.45) is 0.947. The monoisotopic (exact) mass is 311 g/mol. The van der Waals surface area contributed by atoms with Crippen LogP contribution in [0.15, 0.2) is 18.2 Å². The first kappa shape index (κ1) is 16.1. The van der Waals surface area contributed by atoms with Gasteiger partial charge in [-0.05, 0) is 30.5 Å². The van der Waals surface area contributed by atoms with E-state index in [-0.39, 0.29) is 18.7 Å². The number of hydrogen-bond acceptors (Lipinski definition) is 3. The number of rotatable bonds is 5. The summed E-state index contributed by atoms with van der Waals surface area (Å²) >= 11 is 6.19. The number of amides is 2. The molecule has 1 heterocycles. The molecule has 3 N–H and O–H groups in total. The molecule has 116 valence electrons. The fourth-order valence-corrected chi connectivity index (χ4v) is 2.75. The number of aliphatic hydroxyl groups excluding tert-OH is 1. The third-order valence-electron chi connectivity index (χ3n) is 3.65. The predicted molar refractivity (Wildman–Crippen MR) is 83.5 cm³/mol. The molecule has 0 spiro atoms. The lowest BCUT2D eigenvalue weighted by Gasteiger charge is -2.29. The average molecular weight is 312 g/mol. The Labute approximate surface area is 130 Å². The Morgan fingerprint density at radius 3 is 3.10 bits per heavy atom. The summed E-state index contributed by atoms with van der Waals surface area (Å²) in [5, 5.41) is 15.2. The first-order valence-corrected chi connectivity index (χ1v) is 7.61. The molecule has 0 radical (unpaired) electrons. The van der Waals surface area contributed by atoms with Gasteiger partial charge in [0.15, 0.2) is 0 Å². The average Bonchev–Trinajstić information content (AvgIpc) is 2.47. The largest absolute Gasteiger partial charge is 0.394 e. The minimum absolute atomic E-state index is 0.0584. The highest BCUT2D eigenvalue weighted by Crippen LogP contribution is 2.25. The first-order valence-electron chi connectivity index (χ1n) is 7.24. The normalized spacial score (nSPS) is 16.1. The number of carbonyl (C=O) groups excluding carboxylic acids is 1. The van der Waals surface area contributed by atoms with E-state index in [2.05, 4.69) is 21.6 Å². The second-order valence-electron chi connectivity index (χ2n) is 5.39. The lowest BCUT2D eigenvalue weighted by atomic mass is 10.00. The molecular weight excluding hydrogens is 290 g/mol. The van der Waals surface area contributed by atoms with E-state index in [0.717, 1.165) is 31.1 Å². The first-order chi connectivity index (χ1) is 10.1. The van der Waals surface area contributed by atoms with Gasteiger partial charge in [-0.15, -0.1) is 0 Å². The lowest BCUT2D eigenvalue weighted by Crippen LogP contribution is -2.45. The molecule has 2 amide bonds. The molecule has 0 aromatic heterocycles. The zero-order valence-corrected chi connectivity index (χ0v) is 13.0. The highest BCUT2D eigenvalue weighted by Gasteiger charge is 2.17. The van der Waals surface area contributed by atoms with E-state index in [1.807, 2.05) is 12.1 Å². The van der Waals surface area contributed by atoms with Crippen LogP contribution in [-0.4, -0.2) is 48.3 Å². The van der Waals surface area contributed by atoms with E-state index < -0.39 is 0 Å². The molecule has 1 aliphatic heterocycles. The van der Waals surface area contributed by atoms with Crippen molar-refractivity contribution in [1.29, 1.82) is 0 Å². The molecular formula is C15H22ClN3O2. The van der Waals surface area contributed by atoms with Gasteiger partial charge >= 0.3 is 6.03 Å². The van der Waals surface area contributed by atoms with Crippen LogP contribution in [0.3, 0.4) is 0 Å². The minimum atomic E-state index is -0.239. The number of urea groups is 1. The Morgan fingerprint density at radius 1 is 1.52 bits per heavy atom. The third-order valence-corrected chi connectivity index (χ3v) is 4.01. The minimum Gasteiger partial charge on any atom is -0.394 e. The summed E-state index contributed by atoms with van der Waals surface area (Å²) in [6, 6.07) is 5.55. The van der Waals surface area contributed by atoms with Gasteiger partial charge < -0.3 is 15.7 Å². The summed E-state index contributed by atoms with van der Waals surface area (Å²) in [5.74, 6) is 0. The number of fused-ring (bicyclic) bond motifs is 1. The van der Waals surface area contributed by atoms with Crippen LogP contribution in [0.2, 0.25) is 5.02 Å². The van der Waals surface area contributed by atoms with Crippen molar-refractivity contribution in [3.63, 3.8) is 0 Å². The van der Waals surface area contributed by atoms with Crippen LogP contribution in [0, 0.1) is 0 Å². The number of aliphatic hydroxyl groups is 1. The number of nitrogens with one attached hydrogen (secondary N) is 2. The number of nitrogens with zero attached hydrogens (tertiary/aromatic N) is 1. The Balaban J connectivity index is 1.75. The maximum atomic E-state index is 11.5. The highest BCUT2D eigenvalue weighted by molar-refractivity contribution is 6.31. The number of benzene rings is 1. The van der Waals surface area contributed by atoms with Crippen molar-refractivity contribution in [3.8, 4) is 0 Å². The van der Waals surface area contributed by atoms with Crippen LogP contribution in [0.4, 0.5) is 4.79 Å². The molecule has 1 aliphatic rings. The van der Waals surface area contributed by atoms with E-state index in [9.17, 15) is 4.79 Å². The van der Waals surface area contributed by atoms with Gasteiger partial charge in [0.2, 0.25) is 0 Å². The summed E-state index contributed by atoms with van der Waals surface area (Å²) in [7, 11) is 0. The molecule has 1 atom stereocenters. The Kier molecular flexibility index (Phi) is 5.85. The molecule has 0 saturated heterocycles. The van der Waals surface area contributed by atoms with Gasteiger partial charge in [-0.3, -0.25) is 4.90 Å². The molecule has 1 aromatic carbocycles. The molecule has 6 heteroatoms. The van der Waals surface area contributed by atoms with Gasteiger partial charge in [-0.2, -0.15) is 0 Å². The topological polar surface area (TPSA) is 64.6 Å². The van der Waals surface area contributed by atoms with Crippen LogP contribution < -0.4 is 10.6 Å². The molecule has 0 saturated carbocycles. The van der Waals surface area contributed by atoms with Crippen molar-refractivity contribution >= 4 is 17.6 Å². The molecule has 1 aromatic rings. The van der Waals surface area contributed by atoms with Crippen LogP contribution in [-0.2, 0) is 13.0 Å². The molecule has 0 fully saturated rings. The van der Waals surface area contributed by atoms with E-state index in [1.165, 1.54) is 11.1 Å². The molecule has 0 aliphatic carbocycles. The van der Waals surface area contributed by atoms with Gasteiger partial charge in [0.05, 0.1) is 12.6 Å². The van der Waals surface area contributed by atoms with Crippen molar-refractivity contribution in [3.05, 3.63) is 34.3 Å². The maximum Gasteiger partial charge on any atom is 0.315 e. The van der Waals surface area contributed by atoms with Gasteiger partial charge in [0.1, 0.15) is 0 Å². The van der Waals surface area contributed by atoms with E-state index >= 15 is 0 Å². The number of hydrogen-bond donors (Lipinski definition) is 3. The third kappa shape index (κ3) is 4.59. The summed E-state index contributed by atoms with van der Waals surface area (Å²) in [6.45, 7) is 4.90. The van der Waals surface area contributed by atoms with Gasteiger partial charge in [0, 0.05) is 31.2 Å². The SMILES string of the molecule is C[C@@H](CO)NC(=O)NCCN1CCc2c(Cl)cccc2C1. The fraction of sp³-hybridized carbons (Fsp3) is 0.533. The van der Waals surface area contributed by atoms with E-state index in [4.69, 9.17) is 16.7 Å². The molecule has 0 unspecified atom stereocenters. The maximum absolute atomic E-state index is 11.5. The Hall–Kier alpha value is -1.30. The molecule has 21 heavy (non-hydrogen) atoms. The van der Waals surface area contributed by atoms with Crippen molar-refractivity contribution in [2.75, 3.05) is 26.2 Å².